The van der Waals surface area contributed by atoms with Gasteiger partial charge in [0, 0.05) is 0 Å². The lowest BCUT2D eigenvalue weighted by molar-refractivity contribution is -0.147. The number of hydrogen-bond donors (Lipinski definition) is 1. The van der Waals surface area contributed by atoms with Crippen LogP contribution in [0.25, 0.3) is 0 Å². The summed E-state index contributed by atoms with van der Waals surface area (Å²) in [5.41, 5.74) is 0. The summed E-state index contributed by atoms with van der Waals surface area (Å²) in [6, 6.07) is 8.32. The standard InChI is InChI=1S/C13H17NO4/c1-3-17-13(16)10(2)14-12(15)9-18-11-7-5-4-6-8-11/h4-8,10H,3,9H2,1-2H3,(H,14,15). The number of amides is 1. The van der Waals surface area contributed by atoms with Crippen molar-refractivity contribution in [3.8, 4) is 5.75 Å². The summed E-state index contributed by atoms with van der Waals surface area (Å²) in [6.07, 6.45) is 0. The molecule has 0 aliphatic rings. The highest BCUT2D eigenvalue weighted by atomic mass is 16.5. The van der Waals surface area contributed by atoms with Crippen LogP contribution in [0.15, 0.2) is 30.3 Å². The van der Waals surface area contributed by atoms with Gasteiger partial charge in [-0.25, -0.2) is 4.79 Å². The van der Waals surface area contributed by atoms with Crippen LogP contribution in [0.3, 0.4) is 0 Å². The van der Waals surface area contributed by atoms with E-state index in [0.717, 1.165) is 0 Å². The molecule has 0 heterocycles. The molecule has 0 aliphatic heterocycles. The number of hydrogen-bond acceptors (Lipinski definition) is 4. The highest BCUT2D eigenvalue weighted by molar-refractivity contribution is 5.84. The first kappa shape index (κ1) is 14.0. The monoisotopic (exact) mass is 251 g/mol. The van der Waals surface area contributed by atoms with Crippen molar-refractivity contribution in [1.82, 2.24) is 5.32 Å². The Morgan fingerprint density at radius 3 is 2.56 bits per heavy atom. The van der Waals surface area contributed by atoms with Crippen molar-refractivity contribution in [1.29, 1.82) is 0 Å². The fourth-order valence-corrected chi connectivity index (χ4v) is 1.27. The molecular formula is C13H17NO4. The van der Waals surface area contributed by atoms with E-state index in [1.165, 1.54) is 0 Å². The molecule has 5 nitrogen and oxygen atoms in total. The molecule has 1 unspecified atom stereocenters. The maximum absolute atomic E-state index is 11.5. The van der Waals surface area contributed by atoms with E-state index in [1.54, 1.807) is 26.0 Å². The zero-order valence-electron chi connectivity index (χ0n) is 10.5. The molecule has 5 heteroatoms. The van der Waals surface area contributed by atoms with Gasteiger partial charge in [-0.05, 0) is 26.0 Å². The number of benzene rings is 1. The normalized spacial score (nSPS) is 11.4. The second kappa shape index (κ2) is 7.32. The third-order valence-electron chi connectivity index (χ3n) is 2.13. The van der Waals surface area contributed by atoms with E-state index in [-0.39, 0.29) is 12.5 Å². The average Bonchev–Trinajstić information content (AvgIpc) is 2.38. The molecule has 18 heavy (non-hydrogen) atoms. The van der Waals surface area contributed by atoms with E-state index in [1.807, 2.05) is 18.2 Å². The van der Waals surface area contributed by atoms with Gasteiger partial charge in [-0.2, -0.15) is 0 Å². The first-order valence-electron chi connectivity index (χ1n) is 5.77. The summed E-state index contributed by atoms with van der Waals surface area (Å²) in [5, 5.41) is 2.50. The number of para-hydroxylation sites is 1. The lowest BCUT2D eigenvalue weighted by Gasteiger charge is -2.12. The Bertz CT molecular complexity index is 391. The van der Waals surface area contributed by atoms with Gasteiger partial charge in [0.15, 0.2) is 6.61 Å². The van der Waals surface area contributed by atoms with Crippen LogP contribution in [0.5, 0.6) is 5.75 Å². The molecule has 1 atom stereocenters. The summed E-state index contributed by atoms with van der Waals surface area (Å²) in [7, 11) is 0. The smallest absolute Gasteiger partial charge is 0.328 e. The van der Waals surface area contributed by atoms with Gasteiger partial charge in [0.25, 0.3) is 5.91 Å². The summed E-state index contributed by atoms with van der Waals surface area (Å²) in [6.45, 7) is 3.44. The second-order valence-corrected chi connectivity index (χ2v) is 3.64. The van der Waals surface area contributed by atoms with E-state index in [0.29, 0.717) is 12.4 Å². The number of esters is 1. The predicted octanol–water partition coefficient (Wildman–Crippen LogP) is 1.13. The van der Waals surface area contributed by atoms with Gasteiger partial charge < -0.3 is 14.8 Å². The van der Waals surface area contributed by atoms with Gasteiger partial charge in [-0.15, -0.1) is 0 Å². The van der Waals surface area contributed by atoms with Crippen molar-refractivity contribution in [3.05, 3.63) is 30.3 Å². The van der Waals surface area contributed by atoms with Crippen LogP contribution >= 0.6 is 0 Å². The topological polar surface area (TPSA) is 64.6 Å². The number of carbonyl (C=O) groups excluding carboxylic acids is 2. The molecule has 0 saturated heterocycles. The number of ether oxygens (including phenoxy) is 2. The minimum atomic E-state index is -0.670. The van der Waals surface area contributed by atoms with Crippen molar-refractivity contribution in [2.45, 2.75) is 19.9 Å². The molecule has 0 spiro atoms. The maximum atomic E-state index is 11.5. The van der Waals surface area contributed by atoms with Crippen LogP contribution in [0.4, 0.5) is 0 Å². The molecule has 1 rings (SSSR count). The summed E-state index contributed by atoms with van der Waals surface area (Å²) in [5.74, 6) is -0.207. The van der Waals surface area contributed by atoms with Gasteiger partial charge in [-0.3, -0.25) is 4.79 Å². The molecule has 0 bridgehead atoms. The average molecular weight is 251 g/mol. The lowest BCUT2D eigenvalue weighted by atomic mass is 10.3. The molecule has 0 aromatic heterocycles. The van der Waals surface area contributed by atoms with Crippen LogP contribution in [0.1, 0.15) is 13.8 Å². The molecule has 0 radical (unpaired) electrons. The van der Waals surface area contributed by atoms with Crippen molar-refractivity contribution >= 4 is 11.9 Å². The van der Waals surface area contributed by atoms with E-state index in [2.05, 4.69) is 5.32 Å². The Morgan fingerprint density at radius 2 is 1.94 bits per heavy atom. The highest BCUT2D eigenvalue weighted by Gasteiger charge is 2.16. The van der Waals surface area contributed by atoms with E-state index in [4.69, 9.17) is 9.47 Å². The molecule has 1 N–H and O–H groups in total. The van der Waals surface area contributed by atoms with E-state index >= 15 is 0 Å². The van der Waals surface area contributed by atoms with E-state index < -0.39 is 12.0 Å². The Morgan fingerprint density at radius 1 is 1.28 bits per heavy atom. The lowest BCUT2D eigenvalue weighted by Crippen LogP contribution is -2.41. The molecule has 1 amide bonds. The minimum absolute atomic E-state index is 0.131. The van der Waals surface area contributed by atoms with Crippen LogP contribution in [-0.2, 0) is 14.3 Å². The SMILES string of the molecule is CCOC(=O)C(C)NC(=O)COc1ccccc1. The van der Waals surface area contributed by atoms with Crippen molar-refractivity contribution < 1.29 is 19.1 Å². The van der Waals surface area contributed by atoms with E-state index in [9.17, 15) is 9.59 Å². The third kappa shape index (κ3) is 4.86. The number of carbonyl (C=O) groups is 2. The molecule has 0 fully saturated rings. The van der Waals surface area contributed by atoms with Gasteiger partial charge in [0.1, 0.15) is 11.8 Å². The molecule has 0 saturated carbocycles. The largest absolute Gasteiger partial charge is 0.484 e. The van der Waals surface area contributed by atoms with Gasteiger partial charge >= 0.3 is 5.97 Å². The van der Waals surface area contributed by atoms with Gasteiger partial charge in [-0.1, -0.05) is 18.2 Å². The molecule has 98 valence electrons. The fourth-order valence-electron chi connectivity index (χ4n) is 1.27. The van der Waals surface area contributed by atoms with Crippen molar-refractivity contribution in [3.63, 3.8) is 0 Å². The third-order valence-corrected chi connectivity index (χ3v) is 2.13. The van der Waals surface area contributed by atoms with Crippen LogP contribution in [0, 0.1) is 0 Å². The highest BCUT2D eigenvalue weighted by Crippen LogP contribution is 2.07. The van der Waals surface area contributed by atoms with Crippen LogP contribution in [0.2, 0.25) is 0 Å². The molecule has 1 aromatic rings. The second-order valence-electron chi connectivity index (χ2n) is 3.64. The zero-order chi connectivity index (χ0) is 13.4. The van der Waals surface area contributed by atoms with Crippen LogP contribution < -0.4 is 10.1 Å². The Kier molecular flexibility index (Phi) is 5.70. The molecular weight excluding hydrogens is 234 g/mol. The first-order chi connectivity index (χ1) is 8.63. The summed E-state index contributed by atoms with van der Waals surface area (Å²) in [4.78, 5) is 22.8. The summed E-state index contributed by atoms with van der Waals surface area (Å²) < 4.78 is 10.0. The quantitative estimate of drug-likeness (QED) is 0.770. The van der Waals surface area contributed by atoms with Crippen LogP contribution in [-0.4, -0.2) is 31.1 Å². The Labute approximate surface area is 106 Å². The Balaban J connectivity index is 2.31. The minimum Gasteiger partial charge on any atom is -0.484 e. The first-order valence-corrected chi connectivity index (χ1v) is 5.77. The maximum Gasteiger partial charge on any atom is 0.328 e. The van der Waals surface area contributed by atoms with Crippen molar-refractivity contribution in [2.24, 2.45) is 0 Å². The molecule has 1 aromatic carbocycles. The summed E-state index contributed by atoms with van der Waals surface area (Å²) >= 11 is 0. The van der Waals surface area contributed by atoms with Gasteiger partial charge in [0.05, 0.1) is 6.61 Å². The fraction of sp³-hybridized carbons (Fsp3) is 0.385. The zero-order valence-corrected chi connectivity index (χ0v) is 10.5. The van der Waals surface area contributed by atoms with Crippen molar-refractivity contribution in [2.75, 3.05) is 13.2 Å². The number of rotatable bonds is 6. The Hall–Kier alpha value is -2.04. The number of nitrogens with one attached hydrogen (secondary N) is 1. The molecule has 0 aliphatic carbocycles. The predicted molar refractivity (Wildman–Crippen MR) is 66.2 cm³/mol. The van der Waals surface area contributed by atoms with Gasteiger partial charge in [0.2, 0.25) is 0 Å².